The van der Waals surface area contributed by atoms with Crippen molar-refractivity contribution in [3.05, 3.63) is 28.2 Å². The van der Waals surface area contributed by atoms with Gasteiger partial charge in [-0.15, -0.1) is 0 Å². The summed E-state index contributed by atoms with van der Waals surface area (Å²) < 4.78 is 38.9. The van der Waals surface area contributed by atoms with Gasteiger partial charge in [-0.25, -0.2) is 0 Å². The largest absolute Gasteiger partial charge is 0.418 e. The molecule has 0 aliphatic heterocycles. The molecule has 0 fully saturated rings. The quantitative estimate of drug-likeness (QED) is 0.806. The Kier molecular flexibility index (Phi) is 5.85. The molecule has 0 aliphatic carbocycles. The molecule has 1 aromatic carbocycles. The predicted molar refractivity (Wildman–Crippen MR) is 75.2 cm³/mol. The summed E-state index contributed by atoms with van der Waals surface area (Å²) in [6.45, 7) is 2.59. The molecule has 6 heteroatoms. The summed E-state index contributed by atoms with van der Waals surface area (Å²) in [4.78, 5) is 0. The zero-order valence-electron chi connectivity index (χ0n) is 10.1. The van der Waals surface area contributed by atoms with Crippen molar-refractivity contribution in [1.82, 2.24) is 0 Å². The Balaban J connectivity index is 2.76. The summed E-state index contributed by atoms with van der Waals surface area (Å²) in [6, 6.07) is 4.16. The molecule has 1 N–H and O–H groups in total. The van der Waals surface area contributed by atoms with Crippen LogP contribution in [0, 0.1) is 0 Å². The van der Waals surface area contributed by atoms with E-state index >= 15 is 0 Å². The van der Waals surface area contributed by atoms with Gasteiger partial charge in [-0.3, -0.25) is 0 Å². The highest BCUT2D eigenvalue weighted by Gasteiger charge is 2.33. The molecule has 1 rings (SSSR count). The van der Waals surface area contributed by atoms with Crippen molar-refractivity contribution in [3.8, 4) is 0 Å². The lowest BCUT2D eigenvalue weighted by atomic mass is 10.1. The van der Waals surface area contributed by atoms with Crippen LogP contribution in [0.2, 0.25) is 0 Å². The Labute approximate surface area is 118 Å². The molecule has 0 aliphatic rings. The van der Waals surface area contributed by atoms with E-state index in [1.165, 1.54) is 6.07 Å². The molecule has 0 heterocycles. The minimum absolute atomic E-state index is 0.138. The molecule has 0 saturated heterocycles. The van der Waals surface area contributed by atoms with Crippen molar-refractivity contribution in [1.29, 1.82) is 0 Å². The summed E-state index contributed by atoms with van der Waals surface area (Å²) in [5.41, 5.74) is -0.493. The Morgan fingerprint density at radius 3 is 2.61 bits per heavy atom. The summed E-state index contributed by atoms with van der Waals surface area (Å²) in [6.07, 6.45) is -1.52. The van der Waals surface area contributed by atoms with Gasteiger partial charge in [-0.2, -0.15) is 24.9 Å². The minimum atomic E-state index is -4.34. The third-order valence-corrected chi connectivity index (χ3v) is 4.09. The van der Waals surface area contributed by atoms with E-state index in [1.54, 1.807) is 17.8 Å². The first kappa shape index (κ1) is 15.7. The zero-order valence-corrected chi connectivity index (χ0v) is 12.5. The molecular weight excluding hydrogens is 327 g/mol. The maximum absolute atomic E-state index is 12.8. The van der Waals surface area contributed by atoms with E-state index in [9.17, 15) is 13.2 Å². The number of thioether (sulfide) groups is 1. The SMILES string of the molecule is CSC(C)CCNc1ccc(Br)cc1C(F)(F)F. The fraction of sp³-hybridized carbons (Fsp3) is 0.500. The maximum atomic E-state index is 12.8. The highest BCUT2D eigenvalue weighted by atomic mass is 79.9. The molecule has 1 unspecified atom stereocenters. The number of nitrogens with one attached hydrogen (secondary N) is 1. The zero-order chi connectivity index (χ0) is 13.8. The molecule has 0 aromatic heterocycles. The maximum Gasteiger partial charge on any atom is 0.418 e. The van der Waals surface area contributed by atoms with E-state index in [1.807, 2.05) is 6.26 Å². The second kappa shape index (κ2) is 6.70. The first-order chi connectivity index (χ1) is 8.34. The van der Waals surface area contributed by atoms with E-state index < -0.39 is 11.7 Å². The molecule has 0 spiro atoms. The van der Waals surface area contributed by atoms with Crippen LogP contribution in [0.15, 0.2) is 22.7 Å². The smallest absolute Gasteiger partial charge is 0.385 e. The van der Waals surface area contributed by atoms with Crippen LogP contribution < -0.4 is 5.32 Å². The van der Waals surface area contributed by atoms with E-state index in [0.29, 0.717) is 16.3 Å². The van der Waals surface area contributed by atoms with Crippen LogP contribution in [-0.2, 0) is 6.18 Å². The molecule has 0 bridgehead atoms. The van der Waals surface area contributed by atoms with Crippen LogP contribution in [0.1, 0.15) is 18.9 Å². The Morgan fingerprint density at radius 1 is 1.39 bits per heavy atom. The van der Waals surface area contributed by atoms with Gasteiger partial charge in [0.2, 0.25) is 0 Å². The number of hydrogen-bond acceptors (Lipinski definition) is 2. The van der Waals surface area contributed by atoms with Crippen molar-refractivity contribution in [3.63, 3.8) is 0 Å². The van der Waals surface area contributed by atoms with Crippen LogP contribution in [0.4, 0.5) is 18.9 Å². The molecule has 102 valence electrons. The van der Waals surface area contributed by atoms with Crippen molar-refractivity contribution in [2.24, 2.45) is 0 Å². The average molecular weight is 342 g/mol. The van der Waals surface area contributed by atoms with E-state index in [-0.39, 0.29) is 5.69 Å². The highest BCUT2D eigenvalue weighted by molar-refractivity contribution is 9.10. The number of hydrogen-bond donors (Lipinski definition) is 1. The lowest BCUT2D eigenvalue weighted by Crippen LogP contribution is -2.13. The van der Waals surface area contributed by atoms with E-state index in [0.717, 1.165) is 12.5 Å². The van der Waals surface area contributed by atoms with Crippen molar-refractivity contribution >= 4 is 33.4 Å². The van der Waals surface area contributed by atoms with Gasteiger partial charge >= 0.3 is 6.18 Å². The lowest BCUT2D eigenvalue weighted by Gasteiger charge is -2.16. The summed E-state index contributed by atoms with van der Waals surface area (Å²) in [5, 5.41) is 3.29. The average Bonchev–Trinajstić information content (AvgIpc) is 2.29. The van der Waals surface area contributed by atoms with Crippen molar-refractivity contribution in [2.75, 3.05) is 18.1 Å². The lowest BCUT2D eigenvalue weighted by molar-refractivity contribution is -0.137. The highest BCUT2D eigenvalue weighted by Crippen LogP contribution is 2.36. The second-order valence-electron chi connectivity index (χ2n) is 3.95. The molecular formula is C12H15BrF3NS. The molecule has 1 atom stereocenters. The second-order valence-corrected chi connectivity index (χ2v) is 6.14. The minimum Gasteiger partial charge on any atom is -0.385 e. The number of anilines is 1. The standard InChI is InChI=1S/C12H15BrF3NS/c1-8(18-2)5-6-17-11-4-3-9(13)7-10(11)12(14,15)16/h3-4,7-8,17H,5-6H2,1-2H3. The van der Waals surface area contributed by atoms with Gasteiger partial charge in [0, 0.05) is 22.0 Å². The monoisotopic (exact) mass is 341 g/mol. The number of halogens is 4. The first-order valence-electron chi connectivity index (χ1n) is 5.48. The van der Waals surface area contributed by atoms with E-state index in [2.05, 4.69) is 28.2 Å². The van der Waals surface area contributed by atoms with Crippen molar-refractivity contribution < 1.29 is 13.2 Å². The van der Waals surface area contributed by atoms with Gasteiger partial charge in [0.25, 0.3) is 0 Å². The number of alkyl halides is 3. The Hall–Kier alpha value is -0.360. The van der Waals surface area contributed by atoms with Gasteiger partial charge in [-0.05, 0) is 30.9 Å². The summed E-state index contributed by atoms with van der Waals surface area (Å²) >= 11 is 4.76. The molecule has 0 radical (unpaired) electrons. The van der Waals surface area contributed by atoms with Crippen LogP contribution >= 0.6 is 27.7 Å². The van der Waals surface area contributed by atoms with Gasteiger partial charge in [0.1, 0.15) is 0 Å². The fourth-order valence-corrected chi connectivity index (χ4v) is 2.15. The molecule has 1 nitrogen and oxygen atoms in total. The van der Waals surface area contributed by atoms with Gasteiger partial charge < -0.3 is 5.32 Å². The van der Waals surface area contributed by atoms with Crippen LogP contribution in [0.5, 0.6) is 0 Å². The number of rotatable bonds is 5. The third-order valence-electron chi connectivity index (χ3n) is 2.56. The Bertz CT molecular complexity index is 395. The van der Waals surface area contributed by atoms with Gasteiger partial charge in [0.15, 0.2) is 0 Å². The number of benzene rings is 1. The molecule has 1 aromatic rings. The van der Waals surface area contributed by atoms with Crippen LogP contribution in [-0.4, -0.2) is 18.1 Å². The first-order valence-corrected chi connectivity index (χ1v) is 7.56. The van der Waals surface area contributed by atoms with E-state index in [4.69, 9.17) is 0 Å². The van der Waals surface area contributed by atoms with Crippen LogP contribution in [0.25, 0.3) is 0 Å². The third kappa shape index (κ3) is 4.72. The predicted octanol–water partition coefficient (Wildman–Crippen LogP) is 5.02. The van der Waals surface area contributed by atoms with Gasteiger partial charge in [-0.1, -0.05) is 22.9 Å². The summed E-state index contributed by atoms with van der Waals surface area (Å²) in [5.74, 6) is 0. The normalized spacial score (nSPS) is 13.4. The molecule has 0 saturated carbocycles. The van der Waals surface area contributed by atoms with Gasteiger partial charge in [0.05, 0.1) is 5.56 Å². The molecule has 18 heavy (non-hydrogen) atoms. The van der Waals surface area contributed by atoms with Crippen LogP contribution in [0.3, 0.4) is 0 Å². The fourth-order valence-electron chi connectivity index (χ4n) is 1.43. The molecule has 0 amide bonds. The Morgan fingerprint density at radius 2 is 2.06 bits per heavy atom. The van der Waals surface area contributed by atoms with Crippen molar-refractivity contribution in [2.45, 2.75) is 24.8 Å². The summed E-state index contributed by atoms with van der Waals surface area (Å²) in [7, 11) is 0. The topological polar surface area (TPSA) is 12.0 Å².